The molecule has 0 spiro atoms. The van der Waals surface area contributed by atoms with E-state index in [0.29, 0.717) is 5.41 Å². The molecule has 0 radical (unpaired) electrons. The van der Waals surface area contributed by atoms with Crippen molar-refractivity contribution in [3.63, 3.8) is 0 Å². The van der Waals surface area contributed by atoms with Gasteiger partial charge in [0, 0.05) is 11.9 Å². The van der Waals surface area contributed by atoms with Crippen molar-refractivity contribution in [2.24, 2.45) is 5.41 Å². The van der Waals surface area contributed by atoms with Crippen molar-refractivity contribution in [2.75, 3.05) is 0 Å². The largest absolute Gasteiger partial charge is 0.522 e. The minimum Gasteiger partial charge on any atom is -0.279 e. The number of halogens is 3. The lowest BCUT2D eigenvalue weighted by molar-refractivity contribution is -0.0510. The first-order chi connectivity index (χ1) is 8.92. The quantitative estimate of drug-likeness (QED) is 0.591. The lowest BCUT2D eigenvalue weighted by atomic mass is 9.76. The fraction of sp³-hybridized carbons (Fsp3) is 0.583. The van der Waals surface area contributed by atoms with E-state index in [1.807, 2.05) is 12.3 Å². The molecule has 0 saturated carbocycles. The SMILES string of the molecule is CC1(C)CCc2cccnc2C1.O=S(=O)(O)C(F)(F)F. The van der Waals surface area contributed by atoms with E-state index in [9.17, 15) is 13.2 Å². The van der Waals surface area contributed by atoms with Crippen LogP contribution in [0.3, 0.4) is 0 Å². The van der Waals surface area contributed by atoms with Crippen molar-refractivity contribution >= 4 is 10.1 Å². The molecule has 0 bridgehead atoms. The summed E-state index contributed by atoms with van der Waals surface area (Å²) < 4.78 is 57.5. The van der Waals surface area contributed by atoms with Gasteiger partial charge in [-0.3, -0.25) is 9.54 Å². The van der Waals surface area contributed by atoms with Crippen LogP contribution < -0.4 is 0 Å². The Labute approximate surface area is 115 Å². The number of aryl methyl sites for hydroxylation is 1. The summed E-state index contributed by atoms with van der Waals surface area (Å²) >= 11 is 0. The van der Waals surface area contributed by atoms with Crippen LogP contribution in [0.1, 0.15) is 31.5 Å². The van der Waals surface area contributed by atoms with Gasteiger partial charge in [-0.25, -0.2) is 0 Å². The third-order valence-electron chi connectivity index (χ3n) is 2.99. The predicted molar refractivity (Wildman–Crippen MR) is 67.6 cm³/mol. The molecule has 8 heteroatoms. The average molecular weight is 311 g/mol. The number of hydrogen-bond donors (Lipinski definition) is 1. The molecule has 0 amide bonds. The zero-order valence-corrected chi connectivity index (χ0v) is 11.9. The van der Waals surface area contributed by atoms with E-state index in [-0.39, 0.29) is 0 Å². The molecule has 4 nitrogen and oxygen atoms in total. The first kappa shape index (κ1) is 16.9. The monoisotopic (exact) mass is 311 g/mol. The van der Waals surface area contributed by atoms with Crippen molar-refractivity contribution in [3.8, 4) is 0 Å². The molecule has 0 fully saturated rings. The van der Waals surface area contributed by atoms with E-state index in [0.717, 1.165) is 6.42 Å². The van der Waals surface area contributed by atoms with Crippen LogP contribution in [-0.4, -0.2) is 23.5 Å². The summed E-state index contributed by atoms with van der Waals surface area (Å²) in [5.41, 5.74) is -2.31. The molecule has 0 aliphatic heterocycles. The summed E-state index contributed by atoms with van der Waals surface area (Å²) in [7, 11) is -5.84. The number of aromatic nitrogens is 1. The first-order valence-corrected chi connectivity index (χ1v) is 7.33. The molecule has 2 rings (SSSR count). The smallest absolute Gasteiger partial charge is 0.279 e. The maximum absolute atomic E-state index is 10.7. The molecule has 0 atom stereocenters. The summed E-state index contributed by atoms with van der Waals surface area (Å²) in [4.78, 5) is 4.41. The zero-order chi connectivity index (χ0) is 15.6. The fourth-order valence-electron chi connectivity index (χ4n) is 1.87. The highest BCUT2D eigenvalue weighted by atomic mass is 32.2. The number of pyridine rings is 1. The number of hydrogen-bond acceptors (Lipinski definition) is 3. The minimum atomic E-state index is -5.84. The molecular formula is C12H16F3NO3S. The van der Waals surface area contributed by atoms with Crippen LogP contribution in [-0.2, 0) is 23.0 Å². The van der Waals surface area contributed by atoms with Gasteiger partial charge in [-0.15, -0.1) is 0 Å². The van der Waals surface area contributed by atoms with Gasteiger partial charge in [-0.1, -0.05) is 19.9 Å². The topological polar surface area (TPSA) is 67.3 Å². The third-order valence-corrected chi connectivity index (χ3v) is 3.58. The van der Waals surface area contributed by atoms with E-state index in [2.05, 4.69) is 24.9 Å². The van der Waals surface area contributed by atoms with Crippen LogP contribution in [0.4, 0.5) is 13.2 Å². The second-order valence-corrected chi connectivity index (χ2v) is 6.78. The zero-order valence-electron chi connectivity index (χ0n) is 11.1. The molecule has 20 heavy (non-hydrogen) atoms. The van der Waals surface area contributed by atoms with Gasteiger partial charge in [0.25, 0.3) is 0 Å². The second kappa shape index (κ2) is 5.69. The molecule has 1 aliphatic rings. The maximum Gasteiger partial charge on any atom is 0.522 e. The van der Waals surface area contributed by atoms with E-state index < -0.39 is 15.6 Å². The molecule has 0 unspecified atom stereocenters. The van der Waals surface area contributed by atoms with Crippen LogP contribution >= 0.6 is 0 Å². The number of alkyl halides is 3. The second-order valence-electron chi connectivity index (χ2n) is 5.37. The van der Waals surface area contributed by atoms with Gasteiger partial charge < -0.3 is 0 Å². The van der Waals surface area contributed by atoms with Crippen molar-refractivity contribution < 1.29 is 26.1 Å². The van der Waals surface area contributed by atoms with Gasteiger partial charge in [0.2, 0.25) is 0 Å². The summed E-state index contributed by atoms with van der Waals surface area (Å²) in [6.45, 7) is 4.65. The molecular weight excluding hydrogens is 295 g/mol. The van der Waals surface area contributed by atoms with Crippen molar-refractivity contribution in [3.05, 3.63) is 29.6 Å². The fourth-order valence-corrected chi connectivity index (χ4v) is 1.87. The van der Waals surface area contributed by atoms with Crippen LogP contribution in [0.2, 0.25) is 0 Å². The predicted octanol–water partition coefficient (Wildman–Crippen LogP) is 2.99. The molecule has 0 aromatic carbocycles. The van der Waals surface area contributed by atoms with Gasteiger partial charge >= 0.3 is 15.6 Å². The Kier molecular flexibility index (Phi) is 4.81. The Morgan fingerprint density at radius 1 is 1.35 bits per heavy atom. The van der Waals surface area contributed by atoms with Crippen molar-refractivity contribution in [1.82, 2.24) is 4.98 Å². The van der Waals surface area contributed by atoms with Crippen LogP contribution in [0, 0.1) is 5.41 Å². The van der Waals surface area contributed by atoms with Crippen molar-refractivity contribution in [2.45, 2.75) is 38.6 Å². The summed E-state index contributed by atoms with van der Waals surface area (Å²) in [6.07, 6.45) is 5.55. The first-order valence-electron chi connectivity index (χ1n) is 5.89. The van der Waals surface area contributed by atoms with E-state index in [4.69, 9.17) is 13.0 Å². The molecule has 1 aromatic rings. The van der Waals surface area contributed by atoms with E-state index >= 15 is 0 Å². The van der Waals surface area contributed by atoms with E-state index in [1.54, 1.807) is 0 Å². The lowest BCUT2D eigenvalue weighted by Gasteiger charge is -2.30. The molecule has 1 aliphatic carbocycles. The Morgan fingerprint density at radius 3 is 2.40 bits per heavy atom. The number of fused-ring (bicyclic) bond motifs is 1. The molecule has 1 aromatic heterocycles. The van der Waals surface area contributed by atoms with Crippen LogP contribution in [0.15, 0.2) is 18.3 Å². The average Bonchev–Trinajstić information content (AvgIpc) is 2.25. The third kappa shape index (κ3) is 4.75. The molecule has 114 valence electrons. The normalized spacial score (nSPS) is 17.7. The molecule has 1 heterocycles. The Morgan fingerprint density at radius 2 is 1.90 bits per heavy atom. The highest BCUT2D eigenvalue weighted by molar-refractivity contribution is 7.86. The highest BCUT2D eigenvalue weighted by Crippen LogP contribution is 2.33. The number of rotatable bonds is 0. The summed E-state index contributed by atoms with van der Waals surface area (Å²) in [6, 6.07) is 4.24. The van der Waals surface area contributed by atoms with E-state index in [1.165, 1.54) is 24.1 Å². The Balaban J connectivity index is 0.000000221. The maximum atomic E-state index is 10.7. The lowest BCUT2D eigenvalue weighted by Crippen LogP contribution is -2.22. The highest BCUT2D eigenvalue weighted by Gasteiger charge is 2.44. The Bertz CT molecular complexity index is 568. The van der Waals surface area contributed by atoms with Gasteiger partial charge in [-0.05, 0) is 36.3 Å². The molecule has 1 N–H and O–H groups in total. The van der Waals surface area contributed by atoms with Crippen molar-refractivity contribution in [1.29, 1.82) is 0 Å². The summed E-state index contributed by atoms with van der Waals surface area (Å²) in [5.74, 6) is 0. The van der Waals surface area contributed by atoms with Gasteiger partial charge in [0.1, 0.15) is 0 Å². The van der Waals surface area contributed by atoms with Gasteiger partial charge in [0.05, 0.1) is 0 Å². The molecule has 0 saturated heterocycles. The standard InChI is InChI=1S/C11H15N.CHF3O3S/c1-11(2)6-5-9-4-3-7-12-10(9)8-11;2-1(3,4)8(5,6)7/h3-4,7H,5-6,8H2,1-2H3;(H,5,6,7). The van der Waals surface area contributed by atoms with Crippen LogP contribution in [0.25, 0.3) is 0 Å². The van der Waals surface area contributed by atoms with Crippen LogP contribution in [0.5, 0.6) is 0 Å². The minimum absolute atomic E-state index is 0.460. The van der Waals surface area contributed by atoms with Gasteiger partial charge in [0.15, 0.2) is 0 Å². The Hall–Kier alpha value is -1.15. The van der Waals surface area contributed by atoms with Gasteiger partial charge in [-0.2, -0.15) is 21.6 Å². The number of nitrogens with zero attached hydrogens (tertiary/aromatic N) is 1. The summed E-state index contributed by atoms with van der Waals surface area (Å²) in [5, 5.41) is 0.